The third kappa shape index (κ3) is 4.93. The summed E-state index contributed by atoms with van der Waals surface area (Å²) in [5, 5.41) is 3.31. The second kappa shape index (κ2) is 10.5. The Bertz CT molecular complexity index is 1570. The molecule has 0 aliphatic carbocycles. The number of likely N-dealkylation sites (tertiary alicyclic amines) is 1. The molecule has 40 heavy (non-hydrogen) atoms. The van der Waals surface area contributed by atoms with Gasteiger partial charge in [-0.1, -0.05) is 34.6 Å². The highest BCUT2D eigenvalue weighted by Gasteiger charge is 2.43. The summed E-state index contributed by atoms with van der Waals surface area (Å²) in [7, 11) is 3.60. The second-order valence-electron chi connectivity index (χ2n) is 12.2. The van der Waals surface area contributed by atoms with Gasteiger partial charge in [0.15, 0.2) is 5.82 Å². The van der Waals surface area contributed by atoms with Crippen molar-refractivity contribution in [1.82, 2.24) is 19.0 Å². The zero-order valence-corrected chi connectivity index (χ0v) is 25.2. The lowest BCUT2D eigenvalue weighted by atomic mass is 9.78. The van der Waals surface area contributed by atoms with Crippen LogP contribution < -0.4 is 10.5 Å². The number of nitrogens with two attached hydrogens (primary N) is 1. The molecule has 5 rings (SSSR count). The molecule has 1 aliphatic heterocycles. The average molecular weight is 566 g/mol. The lowest BCUT2D eigenvalue weighted by Crippen LogP contribution is -2.58. The van der Waals surface area contributed by atoms with Crippen LogP contribution in [0.3, 0.4) is 0 Å². The van der Waals surface area contributed by atoms with Gasteiger partial charge in [-0.05, 0) is 53.8 Å². The van der Waals surface area contributed by atoms with Crippen molar-refractivity contribution in [3.05, 3.63) is 35.2 Å². The van der Waals surface area contributed by atoms with Gasteiger partial charge in [-0.2, -0.15) is 0 Å². The number of ether oxygens (including phenoxy) is 2. The summed E-state index contributed by atoms with van der Waals surface area (Å²) in [6.07, 6.45) is 0.0890. The van der Waals surface area contributed by atoms with E-state index in [-0.39, 0.29) is 17.4 Å². The van der Waals surface area contributed by atoms with Gasteiger partial charge in [0.2, 0.25) is 0 Å². The molecule has 1 aliphatic rings. The first-order chi connectivity index (χ1) is 18.9. The third-order valence-corrected chi connectivity index (χ3v) is 8.62. The Kier molecular flexibility index (Phi) is 7.33. The molecule has 2 atom stereocenters. The molecule has 3 aromatic heterocycles. The van der Waals surface area contributed by atoms with E-state index in [4.69, 9.17) is 20.2 Å². The van der Waals surface area contributed by atoms with E-state index in [0.717, 1.165) is 23.6 Å². The molecule has 2 amide bonds. The van der Waals surface area contributed by atoms with Gasteiger partial charge >= 0.3 is 6.09 Å². The molecule has 0 spiro atoms. The zero-order valence-electron chi connectivity index (χ0n) is 24.4. The first-order valence-corrected chi connectivity index (χ1v) is 14.7. The van der Waals surface area contributed by atoms with E-state index in [0.29, 0.717) is 42.1 Å². The number of benzene rings is 1. The van der Waals surface area contributed by atoms with Crippen molar-refractivity contribution in [2.24, 2.45) is 24.1 Å². The molecule has 2 unspecified atom stereocenters. The normalized spacial score (nSPS) is 18.1. The third-order valence-electron chi connectivity index (χ3n) is 7.67. The molecule has 1 saturated heterocycles. The van der Waals surface area contributed by atoms with Gasteiger partial charge in [0, 0.05) is 31.1 Å². The van der Waals surface area contributed by atoms with Crippen LogP contribution in [0.4, 0.5) is 4.79 Å². The van der Waals surface area contributed by atoms with Crippen molar-refractivity contribution in [2.75, 3.05) is 13.7 Å². The Morgan fingerprint density at radius 3 is 2.62 bits per heavy atom. The van der Waals surface area contributed by atoms with Gasteiger partial charge < -0.3 is 29.2 Å². The van der Waals surface area contributed by atoms with Crippen molar-refractivity contribution in [2.45, 2.75) is 66.2 Å². The zero-order chi connectivity index (χ0) is 28.9. The van der Waals surface area contributed by atoms with E-state index in [1.807, 2.05) is 43.4 Å². The van der Waals surface area contributed by atoms with Crippen LogP contribution >= 0.6 is 11.3 Å². The predicted molar refractivity (Wildman–Crippen MR) is 159 cm³/mol. The number of primary amides is 1. The van der Waals surface area contributed by atoms with E-state index in [2.05, 4.69) is 35.9 Å². The van der Waals surface area contributed by atoms with Crippen LogP contribution in [0.1, 0.15) is 57.8 Å². The first kappa shape index (κ1) is 28.0. The average Bonchev–Trinajstić information content (AvgIpc) is 3.56. The monoisotopic (exact) mass is 565 g/mol. The van der Waals surface area contributed by atoms with Crippen LogP contribution in [-0.4, -0.2) is 56.8 Å². The summed E-state index contributed by atoms with van der Waals surface area (Å²) in [5.74, 6) is 1.73. The number of piperidine rings is 1. The lowest BCUT2D eigenvalue weighted by molar-refractivity contribution is -0.0352. The number of thiophene rings is 1. The van der Waals surface area contributed by atoms with E-state index in [1.54, 1.807) is 24.5 Å². The molecular weight excluding hydrogens is 526 g/mol. The number of methoxy groups -OCH3 is 1. The predicted octanol–water partition coefficient (Wildman–Crippen LogP) is 6.04. The van der Waals surface area contributed by atoms with Crippen LogP contribution in [0.5, 0.6) is 5.75 Å². The second-order valence-corrected chi connectivity index (χ2v) is 13.1. The maximum absolute atomic E-state index is 14.1. The molecule has 2 N–H and O–H groups in total. The number of carbonyl (C=O) groups excluding carboxylic acids is 2. The van der Waals surface area contributed by atoms with Crippen LogP contribution in [0.15, 0.2) is 29.6 Å². The highest BCUT2D eigenvalue weighted by Crippen LogP contribution is 2.38. The molecule has 0 saturated carbocycles. The van der Waals surface area contributed by atoms with E-state index in [1.165, 1.54) is 10.2 Å². The Hall–Kier alpha value is -3.53. The summed E-state index contributed by atoms with van der Waals surface area (Å²) in [6.45, 7) is 12.0. The number of hydrogen-bond donors (Lipinski definition) is 1. The number of aryl methyl sites for hydroxylation is 1. The topological polar surface area (TPSA) is 105 Å². The number of nitrogens with zero attached hydrogens (tertiary/aromatic N) is 4. The Labute approximate surface area is 238 Å². The van der Waals surface area contributed by atoms with Gasteiger partial charge in [-0.25, -0.2) is 9.78 Å². The number of hydrogen-bond acceptors (Lipinski definition) is 6. The number of imidazole rings is 1. The number of rotatable bonds is 6. The first-order valence-electron chi connectivity index (χ1n) is 13.8. The van der Waals surface area contributed by atoms with Crippen LogP contribution in [0.2, 0.25) is 0 Å². The van der Waals surface area contributed by atoms with Crippen LogP contribution in [-0.2, 0) is 18.3 Å². The minimum Gasteiger partial charge on any atom is -0.494 e. The summed E-state index contributed by atoms with van der Waals surface area (Å²) >= 11 is 1.73. The molecular formula is C30H39N5O4S. The van der Waals surface area contributed by atoms with Crippen molar-refractivity contribution in [3.8, 4) is 17.3 Å². The molecule has 4 aromatic rings. The van der Waals surface area contributed by atoms with Gasteiger partial charge in [0.05, 0.1) is 24.4 Å². The lowest BCUT2D eigenvalue weighted by Gasteiger charge is -2.47. The van der Waals surface area contributed by atoms with Crippen molar-refractivity contribution < 1.29 is 19.1 Å². The maximum Gasteiger partial charge on any atom is 0.404 e. The molecule has 1 aromatic carbocycles. The maximum atomic E-state index is 14.1. The summed E-state index contributed by atoms with van der Waals surface area (Å²) in [4.78, 5) is 33.8. The van der Waals surface area contributed by atoms with Crippen LogP contribution in [0.25, 0.3) is 32.8 Å². The van der Waals surface area contributed by atoms with E-state index in [9.17, 15) is 9.59 Å². The fourth-order valence-corrected chi connectivity index (χ4v) is 7.08. The molecule has 9 nitrogen and oxygen atoms in total. The van der Waals surface area contributed by atoms with Crippen molar-refractivity contribution in [1.29, 1.82) is 0 Å². The highest BCUT2D eigenvalue weighted by atomic mass is 32.1. The summed E-state index contributed by atoms with van der Waals surface area (Å²) < 4.78 is 15.7. The number of aromatic nitrogens is 3. The van der Waals surface area contributed by atoms with Crippen molar-refractivity contribution in [3.63, 3.8) is 0 Å². The minimum atomic E-state index is -0.820. The number of fused-ring (bicyclic) bond motifs is 2. The number of amides is 2. The number of carbonyl (C=O) groups is 2. The SMILES string of the molecule is COc1cc(C(=O)N2CCCC(OC(N)=O)C2C(C)(C)C)cc2nc(-c3cc4ccsc4n3CC(C)C)n(C)c12. The largest absolute Gasteiger partial charge is 0.494 e. The van der Waals surface area contributed by atoms with Gasteiger partial charge in [-0.15, -0.1) is 11.3 Å². The quantitative estimate of drug-likeness (QED) is 0.307. The molecule has 0 radical (unpaired) electrons. The molecule has 1 fully saturated rings. The van der Waals surface area contributed by atoms with Crippen LogP contribution in [0, 0.1) is 11.3 Å². The van der Waals surface area contributed by atoms with Gasteiger partial charge in [0.1, 0.15) is 22.2 Å². The molecule has 10 heteroatoms. The highest BCUT2D eigenvalue weighted by molar-refractivity contribution is 7.16. The summed E-state index contributed by atoms with van der Waals surface area (Å²) in [5.41, 5.74) is 8.10. The molecule has 4 heterocycles. The smallest absolute Gasteiger partial charge is 0.404 e. The minimum absolute atomic E-state index is 0.145. The Morgan fingerprint density at radius 1 is 1.23 bits per heavy atom. The molecule has 214 valence electrons. The molecule has 0 bridgehead atoms. The fourth-order valence-electron chi connectivity index (χ4n) is 6.18. The standard InChI is InChI=1S/C30H39N5O4S/c1-17(2)16-35-21(14-18-10-12-40-28(18)35)26-32-20-13-19(15-23(38-7)24(20)33(26)6)27(36)34-11-8-9-22(39-29(31)37)25(34)30(3,4)5/h10,12-15,17,22,25H,8-9,11,16H2,1-7H3,(H2,31,37). The van der Waals surface area contributed by atoms with Crippen molar-refractivity contribution >= 4 is 44.6 Å². The van der Waals surface area contributed by atoms with E-state index >= 15 is 0 Å². The van der Waals surface area contributed by atoms with Gasteiger partial charge in [0.25, 0.3) is 5.91 Å². The fraction of sp³-hybridized carbons (Fsp3) is 0.500. The van der Waals surface area contributed by atoms with E-state index < -0.39 is 12.2 Å². The summed E-state index contributed by atoms with van der Waals surface area (Å²) in [6, 6.07) is 7.64. The Morgan fingerprint density at radius 2 is 1.98 bits per heavy atom. The van der Waals surface area contributed by atoms with Gasteiger partial charge in [-0.3, -0.25) is 4.79 Å². The Balaban J connectivity index is 1.60.